The van der Waals surface area contributed by atoms with E-state index >= 15 is 0 Å². The summed E-state index contributed by atoms with van der Waals surface area (Å²) in [4.78, 5) is 38.8. The van der Waals surface area contributed by atoms with Crippen molar-refractivity contribution >= 4 is 29.5 Å². The highest BCUT2D eigenvalue weighted by Gasteiger charge is 2.55. The Morgan fingerprint density at radius 2 is 2.07 bits per heavy atom. The van der Waals surface area contributed by atoms with Crippen LogP contribution in [-0.2, 0) is 25.5 Å². The maximum Gasteiger partial charge on any atom is 0.359 e. The third-order valence-electron chi connectivity index (χ3n) is 4.43. The zero-order chi connectivity index (χ0) is 22.1. The fourth-order valence-corrected chi connectivity index (χ4v) is 4.44. The van der Waals surface area contributed by atoms with E-state index in [1.54, 1.807) is 26.8 Å². The summed E-state index contributed by atoms with van der Waals surface area (Å²) in [7, 11) is 0. The van der Waals surface area contributed by atoms with Gasteiger partial charge in [0.1, 0.15) is 28.5 Å². The van der Waals surface area contributed by atoms with Crippen LogP contribution in [0.25, 0.3) is 0 Å². The van der Waals surface area contributed by atoms with Gasteiger partial charge in [-0.05, 0) is 45.4 Å². The van der Waals surface area contributed by atoms with Crippen LogP contribution in [0, 0.1) is 0 Å². The van der Waals surface area contributed by atoms with Gasteiger partial charge in [0.2, 0.25) is 5.91 Å². The Hall–Kier alpha value is -2.68. The Balaban J connectivity index is 1.65. The number of nitrogens with zero attached hydrogens (tertiary/aromatic N) is 1. The molecule has 1 fully saturated rings. The third kappa shape index (κ3) is 4.72. The van der Waals surface area contributed by atoms with E-state index in [9.17, 15) is 19.5 Å². The van der Waals surface area contributed by atoms with Crippen LogP contribution in [0.2, 0.25) is 0 Å². The number of hydrogen-bond acceptors (Lipinski definition) is 7. The second kappa shape index (κ2) is 8.59. The summed E-state index contributed by atoms with van der Waals surface area (Å²) in [5, 5.41) is 12.5. The molecule has 3 rings (SSSR count). The number of rotatable bonds is 6. The number of carbonyl (C=O) groups excluding carboxylic acids is 3. The molecule has 0 spiro atoms. The molecule has 8 nitrogen and oxygen atoms in total. The summed E-state index contributed by atoms with van der Waals surface area (Å²) in [6, 6.07) is 6.46. The van der Waals surface area contributed by atoms with Gasteiger partial charge in [0, 0.05) is 0 Å². The number of nitrogens with one attached hydrogen (secondary N) is 1. The van der Waals surface area contributed by atoms with E-state index in [4.69, 9.17) is 9.47 Å². The van der Waals surface area contributed by atoms with Gasteiger partial charge in [0.25, 0.3) is 5.91 Å². The van der Waals surface area contributed by atoms with Gasteiger partial charge in [0.05, 0.1) is 18.8 Å². The first kappa shape index (κ1) is 22.0. The lowest BCUT2D eigenvalue weighted by Gasteiger charge is -2.49. The molecule has 1 aromatic carbocycles. The average molecular weight is 435 g/mol. The molecule has 1 unspecified atom stereocenters. The molecule has 2 atom stereocenters. The highest BCUT2D eigenvalue weighted by Crippen LogP contribution is 2.40. The maximum atomic E-state index is 12.7. The fourth-order valence-electron chi connectivity index (χ4n) is 3.24. The first-order chi connectivity index (χ1) is 14.1. The maximum absolute atomic E-state index is 12.7. The lowest BCUT2D eigenvalue weighted by molar-refractivity contribution is -0.159. The van der Waals surface area contributed by atoms with Gasteiger partial charge in [0.15, 0.2) is 5.70 Å². The number of fused-ring (bicyclic) bond motifs is 1. The number of β-lactam (4-membered cyclic amide) rings is 1. The normalized spacial score (nSPS) is 20.9. The van der Waals surface area contributed by atoms with E-state index in [1.807, 2.05) is 25.1 Å². The van der Waals surface area contributed by atoms with Crippen molar-refractivity contribution in [3.8, 4) is 5.75 Å². The Kier molecular flexibility index (Phi) is 6.30. The standard InChI is InChI=1S/C21H26N2O6S/c1-5-28-13-8-6-7-12(9-13)10-15(25)22-16-18(26)23-17(14(24)11-30-19(16)23)20(27)29-21(2,3)4/h6-9,16,19,24H,5,10-11H2,1-4H3,(H,22,25)/t16?,19-/m1/s1. The molecule has 0 aromatic heterocycles. The number of hydrogen-bond donors (Lipinski definition) is 2. The van der Waals surface area contributed by atoms with E-state index in [2.05, 4.69) is 5.32 Å². The molecule has 2 aliphatic rings. The van der Waals surface area contributed by atoms with Gasteiger partial charge in [-0.3, -0.25) is 14.5 Å². The molecule has 2 amide bonds. The molecule has 162 valence electrons. The smallest absolute Gasteiger partial charge is 0.359 e. The quantitative estimate of drug-likeness (QED) is 0.522. The van der Waals surface area contributed by atoms with Crippen LogP contribution in [0.4, 0.5) is 0 Å². The summed E-state index contributed by atoms with van der Waals surface area (Å²) in [5.74, 6) is -0.867. The Morgan fingerprint density at radius 3 is 2.73 bits per heavy atom. The number of carbonyl (C=O) groups is 3. The Morgan fingerprint density at radius 1 is 1.33 bits per heavy atom. The topological polar surface area (TPSA) is 105 Å². The van der Waals surface area contributed by atoms with Crippen molar-refractivity contribution in [2.45, 2.75) is 51.1 Å². The summed E-state index contributed by atoms with van der Waals surface area (Å²) >= 11 is 1.28. The number of esters is 1. The van der Waals surface area contributed by atoms with Crippen LogP contribution < -0.4 is 10.1 Å². The van der Waals surface area contributed by atoms with E-state index in [0.717, 1.165) is 5.56 Å². The van der Waals surface area contributed by atoms with Gasteiger partial charge in [-0.25, -0.2) is 4.79 Å². The molecule has 2 N–H and O–H groups in total. The lowest BCUT2D eigenvalue weighted by atomic mass is 10.0. The molecule has 1 aromatic rings. The van der Waals surface area contributed by atoms with Gasteiger partial charge in [-0.1, -0.05) is 12.1 Å². The molecule has 2 aliphatic heterocycles. The second-order valence-electron chi connectivity index (χ2n) is 8.01. The minimum atomic E-state index is -0.762. The van der Waals surface area contributed by atoms with Crippen molar-refractivity contribution < 1.29 is 29.0 Å². The van der Waals surface area contributed by atoms with Crippen LogP contribution in [0.3, 0.4) is 0 Å². The molecule has 2 heterocycles. The molecule has 0 bridgehead atoms. The fraction of sp³-hybridized carbons (Fsp3) is 0.476. The number of aliphatic hydroxyl groups is 1. The summed E-state index contributed by atoms with van der Waals surface area (Å²) in [6.07, 6.45) is 0.0993. The van der Waals surface area contributed by atoms with E-state index in [0.29, 0.717) is 12.4 Å². The van der Waals surface area contributed by atoms with E-state index < -0.39 is 28.9 Å². The summed E-state index contributed by atoms with van der Waals surface area (Å²) in [5.41, 5.74) is -0.138. The SMILES string of the molecule is CCOc1cccc(CC(=O)NC2C(=O)N3C(C(=O)OC(C)(C)C)=C(O)CS[C@H]23)c1. The molecule has 0 saturated carbocycles. The number of ether oxygens (including phenoxy) is 2. The number of benzene rings is 1. The molecule has 0 aliphatic carbocycles. The zero-order valence-electron chi connectivity index (χ0n) is 17.4. The average Bonchev–Trinajstić information content (AvgIpc) is 2.65. The largest absolute Gasteiger partial charge is 0.509 e. The van der Waals surface area contributed by atoms with Crippen LogP contribution >= 0.6 is 11.8 Å². The Labute approximate surface area is 179 Å². The van der Waals surface area contributed by atoms with Gasteiger partial charge in [-0.15, -0.1) is 11.8 Å². The third-order valence-corrected chi connectivity index (χ3v) is 5.70. The number of aliphatic hydroxyl groups excluding tert-OH is 1. The highest BCUT2D eigenvalue weighted by molar-refractivity contribution is 8.00. The first-order valence-corrected chi connectivity index (χ1v) is 10.8. The van der Waals surface area contributed by atoms with Crippen molar-refractivity contribution in [2.24, 2.45) is 0 Å². The predicted octanol–water partition coefficient (Wildman–Crippen LogP) is 2.14. The molecule has 30 heavy (non-hydrogen) atoms. The van der Waals surface area contributed by atoms with Crippen molar-refractivity contribution in [3.63, 3.8) is 0 Å². The minimum Gasteiger partial charge on any atom is -0.509 e. The van der Waals surface area contributed by atoms with Gasteiger partial charge >= 0.3 is 5.97 Å². The van der Waals surface area contributed by atoms with Crippen molar-refractivity contribution in [2.75, 3.05) is 12.4 Å². The molecule has 0 radical (unpaired) electrons. The summed E-state index contributed by atoms with van der Waals surface area (Å²) < 4.78 is 10.8. The lowest BCUT2D eigenvalue weighted by Crippen LogP contribution is -2.70. The number of amides is 2. The van der Waals surface area contributed by atoms with E-state index in [1.165, 1.54) is 16.7 Å². The minimum absolute atomic E-state index is 0.0993. The first-order valence-electron chi connectivity index (χ1n) is 9.72. The van der Waals surface area contributed by atoms with Gasteiger partial charge < -0.3 is 19.9 Å². The number of thioether (sulfide) groups is 1. The van der Waals surface area contributed by atoms with Crippen molar-refractivity contribution in [1.82, 2.24) is 10.2 Å². The van der Waals surface area contributed by atoms with Gasteiger partial charge in [-0.2, -0.15) is 0 Å². The summed E-state index contributed by atoms with van der Waals surface area (Å²) in [6.45, 7) is 7.53. The van der Waals surface area contributed by atoms with Crippen LogP contribution in [0.5, 0.6) is 5.75 Å². The van der Waals surface area contributed by atoms with Crippen molar-refractivity contribution in [1.29, 1.82) is 0 Å². The zero-order valence-corrected chi connectivity index (χ0v) is 18.2. The molecule has 1 saturated heterocycles. The molecular formula is C21H26N2O6S. The van der Waals surface area contributed by atoms with Crippen molar-refractivity contribution in [3.05, 3.63) is 41.3 Å². The molecule has 9 heteroatoms. The monoisotopic (exact) mass is 434 g/mol. The van der Waals surface area contributed by atoms with E-state index in [-0.39, 0.29) is 29.5 Å². The van der Waals surface area contributed by atoms with Crippen LogP contribution in [-0.4, -0.2) is 57.2 Å². The second-order valence-corrected chi connectivity index (χ2v) is 9.11. The van der Waals surface area contributed by atoms with Crippen LogP contribution in [0.15, 0.2) is 35.7 Å². The predicted molar refractivity (Wildman–Crippen MR) is 112 cm³/mol. The Bertz CT molecular complexity index is 892. The molecular weight excluding hydrogens is 408 g/mol. The highest BCUT2D eigenvalue weighted by atomic mass is 32.2. The van der Waals surface area contributed by atoms with Crippen LogP contribution in [0.1, 0.15) is 33.3 Å².